The minimum Gasteiger partial charge on any atom is -0.114 e. The van der Waals surface area contributed by atoms with Gasteiger partial charge in [-0.3, -0.25) is 0 Å². The third-order valence-corrected chi connectivity index (χ3v) is 11.2. The molecule has 5 aromatic rings. The number of hydrogen-bond donors (Lipinski definition) is 0. The summed E-state index contributed by atoms with van der Waals surface area (Å²) >= 11 is 0. The molecule has 0 nitrogen and oxygen atoms in total. The van der Waals surface area contributed by atoms with Crippen molar-refractivity contribution in [2.75, 3.05) is 0 Å². The van der Waals surface area contributed by atoms with Crippen molar-refractivity contribution in [2.45, 2.75) is 12.1 Å². The number of benzene rings is 5. The van der Waals surface area contributed by atoms with Crippen LogP contribution in [0.3, 0.4) is 0 Å². The van der Waals surface area contributed by atoms with Gasteiger partial charge in [-0.05, 0) is 47.5 Å². The maximum atomic E-state index is 2.34. The summed E-state index contributed by atoms with van der Waals surface area (Å²) in [6.07, 6.45) is 0.983. The lowest BCUT2D eigenvalue weighted by molar-refractivity contribution is 0.918. The van der Waals surface area contributed by atoms with Crippen molar-refractivity contribution in [3.8, 4) is 0 Å². The molecule has 1 atom stereocenters. The fourth-order valence-electron chi connectivity index (χ4n) is 4.97. The van der Waals surface area contributed by atoms with Crippen molar-refractivity contribution in [3.05, 3.63) is 163 Å². The predicted octanol–water partition coefficient (Wildman–Crippen LogP) is 7.54. The van der Waals surface area contributed by atoms with Gasteiger partial charge in [0.05, 0.1) is 0 Å². The molecule has 168 valence electrons. The van der Waals surface area contributed by atoms with E-state index in [-0.39, 0.29) is 17.0 Å². The van der Waals surface area contributed by atoms with Gasteiger partial charge in [0.2, 0.25) is 0 Å². The quantitative estimate of drug-likeness (QED) is 0.193. The first-order valence-electron chi connectivity index (χ1n) is 11.5. The molecule has 0 spiro atoms. The summed E-state index contributed by atoms with van der Waals surface area (Å²) in [6, 6.07) is 55.7. The Hall–Kier alpha value is -2.99. The van der Waals surface area contributed by atoms with Gasteiger partial charge in [0.1, 0.15) is 28.8 Å². The smallest absolute Gasteiger partial charge is 0.114 e. The zero-order valence-electron chi connectivity index (χ0n) is 19.1. The molecule has 0 heterocycles. The summed E-state index contributed by atoms with van der Waals surface area (Å²) in [5, 5.41) is 4.27. The van der Waals surface area contributed by atoms with E-state index in [4.69, 9.17) is 0 Å². The third kappa shape index (κ3) is 4.78. The molecule has 0 amide bonds. The minimum atomic E-state index is -2.05. The first kappa shape index (κ1) is 24.1. The molecule has 2 heteroatoms. The Kier molecular flexibility index (Phi) is 8.12. The summed E-state index contributed by atoms with van der Waals surface area (Å²) in [7, 11) is -2.05. The molecular formula is C32H29BrP+. The van der Waals surface area contributed by atoms with Gasteiger partial charge in [-0.25, -0.2) is 0 Å². The first-order valence-corrected chi connectivity index (χ1v) is 13.4. The second kappa shape index (κ2) is 11.4. The molecule has 0 bridgehead atoms. The van der Waals surface area contributed by atoms with Crippen LogP contribution in [0, 0.1) is 0 Å². The van der Waals surface area contributed by atoms with Gasteiger partial charge in [0.25, 0.3) is 0 Å². The summed E-state index contributed by atoms with van der Waals surface area (Å²) in [5.74, 6) is 0. The average molecular weight is 524 g/mol. The SMILES string of the molecule is Br.c1ccc(CC(c2ccccc2)[P+](c2ccccc2)(c2ccccc2)c2ccccc2)cc1. The molecular weight excluding hydrogens is 495 g/mol. The predicted molar refractivity (Wildman–Crippen MR) is 155 cm³/mol. The lowest BCUT2D eigenvalue weighted by Gasteiger charge is -2.35. The molecule has 0 N–H and O–H groups in total. The van der Waals surface area contributed by atoms with Crippen LogP contribution in [0.4, 0.5) is 0 Å². The zero-order valence-corrected chi connectivity index (χ0v) is 21.7. The van der Waals surface area contributed by atoms with Crippen molar-refractivity contribution < 1.29 is 0 Å². The Balaban J connectivity index is 0.00000274. The van der Waals surface area contributed by atoms with Crippen LogP contribution in [0.5, 0.6) is 0 Å². The van der Waals surface area contributed by atoms with Crippen molar-refractivity contribution in [3.63, 3.8) is 0 Å². The lowest BCUT2D eigenvalue weighted by Crippen LogP contribution is -2.36. The summed E-state index contributed by atoms with van der Waals surface area (Å²) < 4.78 is 0. The van der Waals surface area contributed by atoms with E-state index in [1.165, 1.54) is 27.0 Å². The van der Waals surface area contributed by atoms with E-state index in [0.717, 1.165) is 6.42 Å². The molecule has 0 aliphatic rings. The molecule has 5 rings (SSSR count). The highest BCUT2D eigenvalue weighted by Crippen LogP contribution is 2.67. The highest BCUT2D eigenvalue weighted by atomic mass is 79.9. The van der Waals surface area contributed by atoms with Crippen LogP contribution in [-0.2, 0) is 6.42 Å². The lowest BCUT2D eigenvalue weighted by atomic mass is 10.0. The van der Waals surface area contributed by atoms with Gasteiger partial charge in [-0.1, -0.05) is 115 Å². The van der Waals surface area contributed by atoms with E-state index in [1.54, 1.807) is 0 Å². The maximum Gasteiger partial charge on any atom is 0.119 e. The van der Waals surface area contributed by atoms with Gasteiger partial charge in [-0.2, -0.15) is 0 Å². The van der Waals surface area contributed by atoms with Crippen LogP contribution in [0.15, 0.2) is 152 Å². The Bertz CT molecular complexity index is 1160. The average Bonchev–Trinajstić information content (AvgIpc) is 2.91. The molecule has 1 unspecified atom stereocenters. The highest BCUT2D eigenvalue weighted by molar-refractivity contribution is 8.93. The molecule has 0 aliphatic carbocycles. The van der Waals surface area contributed by atoms with Gasteiger partial charge in [0.15, 0.2) is 0 Å². The molecule has 0 radical (unpaired) electrons. The molecule has 5 aromatic carbocycles. The minimum absolute atomic E-state index is 0. The standard InChI is InChI=1S/C32H28P.BrH/c1-6-16-27(17-7-1)26-32(28-18-8-2-9-19-28)33(29-20-10-3-11-21-29,30-22-12-4-13-23-30)31-24-14-5-15-25-31;/h1-25,32H,26H2;1H/q+1;. The normalized spacial score (nSPS) is 11.9. The van der Waals surface area contributed by atoms with E-state index in [1.807, 2.05) is 0 Å². The zero-order chi connectivity index (χ0) is 22.3. The highest BCUT2D eigenvalue weighted by Gasteiger charge is 2.52. The summed E-state index contributed by atoms with van der Waals surface area (Å²) in [5.41, 5.74) is 3.08. The topological polar surface area (TPSA) is 0 Å². The Morgan fingerprint density at radius 1 is 0.412 bits per heavy atom. The molecule has 0 fully saturated rings. The van der Waals surface area contributed by atoms with Crippen LogP contribution in [0.25, 0.3) is 0 Å². The van der Waals surface area contributed by atoms with Crippen LogP contribution in [0.1, 0.15) is 16.8 Å². The molecule has 0 aliphatic heterocycles. The second-order valence-corrected chi connectivity index (χ2v) is 12.0. The van der Waals surface area contributed by atoms with E-state index in [9.17, 15) is 0 Å². The fraction of sp³-hybridized carbons (Fsp3) is 0.0625. The largest absolute Gasteiger partial charge is 0.119 e. The van der Waals surface area contributed by atoms with Gasteiger partial charge in [-0.15, -0.1) is 17.0 Å². The number of halogens is 1. The summed E-state index contributed by atoms with van der Waals surface area (Å²) in [4.78, 5) is 0. The Morgan fingerprint density at radius 3 is 1.12 bits per heavy atom. The van der Waals surface area contributed by atoms with Crippen LogP contribution in [0.2, 0.25) is 0 Å². The summed E-state index contributed by atoms with van der Waals surface area (Å²) in [6.45, 7) is 0. The van der Waals surface area contributed by atoms with E-state index < -0.39 is 7.26 Å². The maximum absolute atomic E-state index is 2.34. The van der Waals surface area contributed by atoms with Crippen LogP contribution >= 0.6 is 24.2 Å². The molecule has 0 saturated heterocycles. The van der Waals surface area contributed by atoms with Gasteiger partial charge >= 0.3 is 0 Å². The third-order valence-electron chi connectivity index (χ3n) is 6.41. The van der Waals surface area contributed by atoms with Crippen LogP contribution in [-0.4, -0.2) is 0 Å². The van der Waals surface area contributed by atoms with Crippen molar-refractivity contribution >= 4 is 40.2 Å². The van der Waals surface area contributed by atoms with Crippen molar-refractivity contribution in [1.29, 1.82) is 0 Å². The van der Waals surface area contributed by atoms with E-state index in [2.05, 4.69) is 152 Å². The fourth-order valence-corrected chi connectivity index (χ4v) is 9.97. The Labute approximate surface area is 214 Å². The van der Waals surface area contributed by atoms with E-state index in [0.29, 0.717) is 5.66 Å². The van der Waals surface area contributed by atoms with Gasteiger partial charge in [0, 0.05) is 6.42 Å². The first-order chi connectivity index (χ1) is 16.4. The van der Waals surface area contributed by atoms with Crippen molar-refractivity contribution in [1.82, 2.24) is 0 Å². The molecule has 34 heavy (non-hydrogen) atoms. The monoisotopic (exact) mass is 523 g/mol. The second-order valence-electron chi connectivity index (χ2n) is 8.35. The molecule has 0 saturated carbocycles. The van der Waals surface area contributed by atoms with Crippen molar-refractivity contribution in [2.24, 2.45) is 0 Å². The van der Waals surface area contributed by atoms with E-state index >= 15 is 0 Å². The molecule has 0 aromatic heterocycles. The van der Waals surface area contributed by atoms with Gasteiger partial charge < -0.3 is 0 Å². The Morgan fingerprint density at radius 2 is 0.735 bits per heavy atom. The number of rotatable bonds is 7. The van der Waals surface area contributed by atoms with Crippen LogP contribution < -0.4 is 15.9 Å². The number of hydrogen-bond acceptors (Lipinski definition) is 0.